The van der Waals surface area contributed by atoms with Crippen LogP contribution in [0.15, 0.2) is 47.3 Å². The van der Waals surface area contributed by atoms with Gasteiger partial charge in [-0.05, 0) is 19.9 Å². The molecule has 0 unspecified atom stereocenters. The van der Waals surface area contributed by atoms with E-state index >= 15 is 0 Å². The molecule has 0 saturated heterocycles. The number of nitrogens with one attached hydrogen (secondary N) is 2. The minimum atomic E-state index is 0.492. The summed E-state index contributed by atoms with van der Waals surface area (Å²) < 4.78 is 5.68. The second-order valence-electron chi connectivity index (χ2n) is 5.44. The van der Waals surface area contributed by atoms with Crippen molar-refractivity contribution in [1.82, 2.24) is 15.6 Å². The SMILES string of the molecule is C=CCOc1ccccc1CN=C(NCC)NCCc1csc(C)n1. The first kappa shape index (κ1) is 19.0. The van der Waals surface area contributed by atoms with E-state index in [1.807, 2.05) is 31.2 Å². The molecule has 0 bridgehead atoms. The minimum Gasteiger partial charge on any atom is -0.489 e. The lowest BCUT2D eigenvalue weighted by atomic mass is 10.2. The van der Waals surface area contributed by atoms with Gasteiger partial charge in [-0.1, -0.05) is 30.9 Å². The van der Waals surface area contributed by atoms with Gasteiger partial charge in [-0.15, -0.1) is 11.3 Å². The fourth-order valence-corrected chi connectivity index (χ4v) is 2.91. The first-order valence-electron chi connectivity index (χ1n) is 8.47. The van der Waals surface area contributed by atoms with Crippen LogP contribution in [0.1, 0.15) is 23.2 Å². The maximum Gasteiger partial charge on any atom is 0.191 e. The van der Waals surface area contributed by atoms with Crippen LogP contribution >= 0.6 is 11.3 Å². The molecule has 0 radical (unpaired) electrons. The summed E-state index contributed by atoms with van der Waals surface area (Å²) in [7, 11) is 0. The Morgan fingerprint density at radius 3 is 2.92 bits per heavy atom. The Kier molecular flexibility index (Phi) is 7.98. The van der Waals surface area contributed by atoms with Gasteiger partial charge >= 0.3 is 0 Å². The van der Waals surface area contributed by atoms with E-state index in [-0.39, 0.29) is 0 Å². The topological polar surface area (TPSA) is 58.5 Å². The number of hydrogen-bond acceptors (Lipinski definition) is 4. The van der Waals surface area contributed by atoms with Crippen LogP contribution in [0.25, 0.3) is 0 Å². The van der Waals surface area contributed by atoms with Crippen LogP contribution in [0.3, 0.4) is 0 Å². The molecule has 0 aliphatic rings. The van der Waals surface area contributed by atoms with Gasteiger partial charge in [-0.25, -0.2) is 9.98 Å². The fourth-order valence-electron chi connectivity index (χ4n) is 2.26. The van der Waals surface area contributed by atoms with Crippen LogP contribution in [0.5, 0.6) is 5.75 Å². The lowest BCUT2D eigenvalue weighted by Gasteiger charge is -2.12. The predicted molar refractivity (Wildman–Crippen MR) is 106 cm³/mol. The molecule has 0 saturated carbocycles. The summed E-state index contributed by atoms with van der Waals surface area (Å²) >= 11 is 1.68. The van der Waals surface area contributed by atoms with Gasteiger partial charge in [0.1, 0.15) is 12.4 Å². The molecule has 1 heterocycles. The second-order valence-corrected chi connectivity index (χ2v) is 6.50. The van der Waals surface area contributed by atoms with Crippen molar-refractivity contribution in [1.29, 1.82) is 0 Å². The smallest absolute Gasteiger partial charge is 0.191 e. The maximum absolute atomic E-state index is 5.68. The molecule has 0 spiro atoms. The Hall–Kier alpha value is -2.34. The van der Waals surface area contributed by atoms with Gasteiger partial charge in [0.05, 0.1) is 17.2 Å². The molecule has 2 rings (SSSR count). The van der Waals surface area contributed by atoms with E-state index in [0.29, 0.717) is 13.2 Å². The van der Waals surface area contributed by atoms with Crippen LogP contribution in [0.4, 0.5) is 0 Å². The highest BCUT2D eigenvalue weighted by molar-refractivity contribution is 7.09. The van der Waals surface area contributed by atoms with Gasteiger partial charge in [0.15, 0.2) is 5.96 Å². The average Bonchev–Trinajstić information content (AvgIpc) is 3.03. The monoisotopic (exact) mass is 358 g/mol. The molecule has 2 N–H and O–H groups in total. The zero-order valence-electron chi connectivity index (χ0n) is 14.9. The highest BCUT2D eigenvalue weighted by atomic mass is 32.1. The predicted octanol–water partition coefficient (Wildman–Crippen LogP) is 3.31. The first-order valence-corrected chi connectivity index (χ1v) is 9.35. The summed E-state index contributed by atoms with van der Waals surface area (Å²) in [5, 5.41) is 9.84. The van der Waals surface area contributed by atoms with Crippen molar-refractivity contribution in [2.45, 2.75) is 26.8 Å². The van der Waals surface area contributed by atoms with Crippen LogP contribution in [-0.4, -0.2) is 30.6 Å². The van der Waals surface area contributed by atoms with Gasteiger partial charge in [0.2, 0.25) is 0 Å². The van der Waals surface area contributed by atoms with E-state index in [0.717, 1.165) is 47.5 Å². The number of rotatable bonds is 9. The van der Waals surface area contributed by atoms with E-state index in [1.165, 1.54) is 0 Å². The number of thiazole rings is 1. The molecule has 1 aromatic heterocycles. The molecule has 134 valence electrons. The third-order valence-corrected chi connectivity index (χ3v) is 4.24. The van der Waals surface area contributed by atoms with Crippen molar-refractivity contribution in [3.05, 3.63) is 58.6 Å². The number of nitrogens with zero attached hydrogens (tertiary/aromatic N) is 2. The van der Waals surface area contributed by atoms with Gasteiger partial charge < -0.3 is 15.4 Å². The third kappa shape index (κ3) is 6.58. The molecule has 0 atom stereocenters. The Balaban J connectivity index is 1.93. The van der Waals surface area contributed by atoms with Crippen molar-refractivity contribution < 1.29 is 4.74 Å². The molecule has 1 aromatic carbocycles. The van der Waals surface area contributed by atoms with Crippen LogP contribution in [0.2, 0.25) is 0 Å². The zero-order valence-corrected chi connectivity index (χ0v) is 15.7. The zero-order chi connectivity index (χ0) is 17.9. The molecular weight excluding hydrogens is 332 g/mol. The number of guanidine groups is 1. The Bertz CT molecular complexity index is 696. The summed E-state index contributed by atoms with van der Waals surface area (Å²) in [6.07, 6.45) is 2.62. The Morgan fingerprint density at radius 2 is 2.20 bits per heavy atom. The number of aromatic nitrogens is 1. The average molecular weight is 359 g/mol. The first-order chi connectivity index (χ1) is 12.2. The van der Waals surface area contributed by atoms with E-state index in [2.05, 4.69) is 39.5 Å². The van der Waals surface area contributed by atoms with Crippen LogP contribution in [-0.2, 0) is 13.0 Å². The number of hydrogen-bond donors (Lipinski definition) is 2. The number of aryl methyl sites for hydroxylation is 1. The van der Waals surface area contributed by atoms with E-state index in [4.69, 9.17) is 4.74 Å². The van der Waals surface area contributed by atoms with E-state index in [9.17, 15) is 0 Å². The van der Waals surface area contributed by atoms with Gasteiger partial charge in [0.25, 0.3) is 0 Å². The van der Waals surface area contributed by atoms with Crippen molar-refractivity contribution in [2.24, 2.45) is 4.99 Å². The molecule has 25 heavy (non-hydrogen) atoms. The number of aliphatic imine (C=N–C) groups is 1. The Labute approximate surface area is 153 Å². The molecule has 0 fully saturated rings. The van der Waals surface area contributed by atoms with Gasteiger partial charge in [-0.3, -0.25) is 0 Å². The molecular formula is C19H26N4OS. The molecule has 0 aliphatic carbocycles. The van der Waals surface area contributed by atoms with Crippen molar-refractivity contribution in [3.8, 4) is 5.75 Å². The normalized spacial score (nSPS) is 11.2. The minimum absolute atomic E-state index is 0.492. The molecule has 6 heteroatoms. The highest BCUT2D eigenvalue weighted by Gasteiger charge is 2.04. The maximum atomic E-state index is 5.68. The van der Waals surface area contributed by atoms with Crippen LogP contribution in [0, 0.1) is 6.92 Å². The van der Waals surface area contributed by atoms with Crippen molar-refractivity contribution in [2.75, 3.05) is 19.7 Å². The molecule has 0 aliphatic heterocycles. The summed E-state index contributed by atoms with van der Waals surface area (Å²) in [5.74, 6) is 1.65. The highest BCUT2D eigenvalue weighted by Crippen LogP contribution is 2.18. The van der Waals surface area contributed by atoms with E-state index in [1.54, 1.807) is 17.4 Å². The standard InChI is InChI=1S/C19H26N4OS/c1-4-12-24-18-9-7-6-8-16(18)13-22-19(20-5-2)21-11-10-17-14-25-15(3)23-17/h4,6-9,14H,1,5,10-13H2,2-3H3,(H2,20,21,22). The molecule has 5 nitrogen and oxygen atoms in total. The lowest BCUT2D eigenvalue weighted by molar-refractivity contribution is 0.359. The third-order valence-electron chi connectivity index (χ3n) is 3.42. The number of ether oxygens (including phenoxy) is 1. The number of para-hydroxylation sites is 1. The van der Waals surface area contributed by atoms with E-state index < -0.39 is 0 Å². The lowest BCUT2D eigenvalue weighted by Crippen LogP contribution is -2.38. The van der Waals surface area contributed by atoms with Crippen molar-refractivity contribution >= 4 is 17.3 Å². The van der Waals surface area contributed by atoms with Gasteiger partial charge in [0, 0.05) is 30.5 Å². The summed E-state index contributed by atoms with van der Waals surface area (Å²) in [4.78, 5) is 9.14. The summed E-state index contributed by atoms with van der Waals surface area (Å²) in [6, 6.07) is 7.95. The largest absolute Gasteiger partial charge is 0.489 e. The molecule has 2 aromatic rings. The summed E-state index contributed by atoms with van der Waals surface area (Å²) in [5.41, 5.74) is 2.17. The molecule has 0 amide bonds. The van der Waals surface area contributed by atoms with Gasteiger partial charge in [-0.2, -0.15) is 0 Å². The Morgan fingerprint density at radius 1 is 1.36 bits per heavy atom. The quantitative estimate of drug-likeness (QED) is 0.410. The summed E-state index contributed by atoms with van der Waals surface area (Å²) in [6.45, 7) is 10.4. The fraction of sp³-hybridized carbons (Fsp3) is 0.368. The number of benzene rings is 1. The van der Waals surface area contributed by atoms with Crippen LogP contribution < -0.4 is 15.4 Å². The second kappa shape index (κ2) is 10.5. The van der Waals surface area contributed by atoms with Crippen molar-refractivity contribution in [3.63, 3.8) is 0 Å².